The standard InChI is InChI=1S/C21H26N4O3S/c1-15(26)25-7-6-16-4-2-3-5-18(16)19(25)12-20(27)23-21-22-17(14-29-21)13-24-8-10-28-11-9-24/h2-5,14,19H,6-13H2,1H3,(H,22,23,27). The first-order valence-electron chi connectivity index (χ1n) is 9.99. The van der Waals surface area contributed by atoms with Crippen molar-refractivity contribution < 1.29 is 14.3 Å². The molecule has 0 saturated carbocycles. The minimum absolute atomic E-state index is 0.000603. The molecular formula is C21H26N4O3S. The van der Waals surface area contributed by atoms with Gasteiger partial charge >= 0.3 is 0 Å². The van der Waals surface area contributed by atoms with Crippen molar-refractivity contribution in [2.75, 3.05) is 38.2 Å². The number of hydrogen-bond acceptors (Lipinski definition) is 6. The van der Waals surface area contributed by atoms with Gasteiger partial charge in [-0.1, -0.05) is 24.3 Å². The Morgan fingerprint density at radius 2 is 2.03 bits per heavy atom. The van der Waals surface area contributed by atoms with Crippen LogP contribution in [0, 0.1) is 0 Å². The third kappa shape index (κ3) is 4.83. The lowest BCUT2D eigenvalue weighted by atomic mass is 9.90. The van der Waals surface area contributed by atoms with Crippen LogP contribution in [0.25, 0.3) is 0 Å². The van der Waals surface area contributed by atoms with Crippen molar-refractivity contribution in [1.82, 2.24) is 14.8 Å². The molecule has 3 heterocycles. The molecule has 2 aliphatic heterocycles. The zero-order chi connectivity index (χ0) is 20.2. The van der Waals surface area contributed by atoms with E-state index >= 15 is 0 Å². The number of rotatable bonds is 5. The van der Waals surface area contributed by atoms with Crippen molar-refractivity contribution in [1.29, 1.82) is 0 Å². The minimum Gasteiger partial charge on any atom is -0.379 e. The molecule has 1 unspecified atom stereocenters. The highest BCUT2D eigenvalue weighted by atomic mass is 32.1. The average Bonchev–Trinajstić information content (AvgIpc) is 3.15. The van der Waals surface area contributed by atoms with Gasteiger partial charge in [0.2, 0.25) is 11.8 Å². The van der Waals surface area contributed by atoms with E-state index in [1.165, 1.54) is 16.9 Å². The van der Waals surface area contributed by atoms with Gasteiger partial charge in [0.25, 0.3) is 0 Å². The molecule has 1 aromatic carbocycles. The fourth-order valence-electron chi connectivity index (χ4n) is 4.02. The Kier molecular flexibility index (Phi) is 6.22. The number of benzene rings is 1. The smallest absolute Gasteiger partial charge is 0.228 e. The topological polar surface area (TPSA) is 74.8 Å². The van der Waals surface area contributed by atoms with Gasteiger partial charge in [-0.2, -0.15) is 0 Å². The predicted octanol–water partition coefficient (Wildman–Crippen LogP) is 2.45. The second kappa shape index (κ2) is 9.02. The van der Waals surface area contributed by atoms with Crippen LogP contribution >= 0.6 is 11.3 Å². The Morgan fingerprint density at radius 1 is 1.24 bits per heavy atom. The Bertz CT molecular complexity index is 878. The molecule has 8 heteroatoms. The summed E-state index contributed by atoms with van der Waals surface area (Å²) in [5.41, 5.74) is 3.24. The maximum atomic E-state index is 12.7. The molecule has 1 saturated heterocycles. The quantitative estimate of drug-likeness (QED) is 0.814. The maximum absolute atomic E-state index is 12.7. The predicted molar refractivity (Wildman–Crippen MR) is 112 cm³/mol. The van der Waals surface area contributed by atoms with Gasteiger partial charge in [0.05, 0.1) is 31.4 Å². The molecule has 1 atom stereocenters. The normalized spacial score (nSPS) is 19.6. The van der Waals surface area contributed by atoms with Gasteiger partial charge in [-0.3, -0.25) is 14.5 Å². The van der Waals surface area contributed by atoms with Crippen LogP contribution in [0.1, 0.15) is 36.2 Å². The number of hydrogen-bond donors (Lipinski definition) is 1. The number of anilines is 1. The molecule has 2 amide bonds. The number of aromatic nitrogens is 1. The summed E-state index contributed by atoms with van der Waals surface area (Å²) in [5, 5.41) is 5.52. The van der Waals surface area contributed by atoms with Crippen LogP contribution in [0.15, 0.2) is 29.6 Å². The first-order chi connectivity index (χ1) is 14.1. The van der Waals surface area contributed by atoms with Crippen molar-refractivity contribution in [3.05, 3.63) is 46.5 Å². The van der Waals surface area contributed by atoms with Gasteiger partial charge in [-0.15, -0.1) is 11.3 Å². The SMILES string of the molecule is CC(=O)N1CCc2ccccc2C1CC(=O)Nc1nc(CN2CCOCC2)cs1. The molecule has 1 N–H and O–H groups in total. The maximum Gasteiger partial charge on any atom is 0.228 e. The van der Waals surface area contributed by atoms with E-state index in [-0.39, 0.29) is 24.3 Å². The van der Waals surface area contributed by atoms with E-state index in [0.717, 1.165) is 50.5 Å². The van der Waals surface area contributed by atoms with E-state index in [0.29, 0.717) is 11.7 Å². The highest BCUT2D eigenvalue weighted by Crippen LogP contribution is 2.32. The van der Waals surface area contributed by atoms with Gasteiger partial charge < -0.3 is 15.0 Å². The molecule has 2 aromatic rings. The lowest BCUT2D eigenvalue weighted by Crippen LogP contribution is -2.40. The number of morpholine rings is 1. The van der Waals surface area contributed by atoms with Crippen LogP contribution in [0.5, 0.6) is 0 Å². The summed E-state index contributed by atoms with van der Waals surface area (Å²) < 4.78 is 5.37. The minimum atomic E-state index is -0.231. The fourth-order valence-corrected chi connectivity index (χ4v) is 4.74. The average molecular weight is 415 g/mol. The molecule has 0 spiro atoms. The van der Waals surface area contributed by atoms with Crippen LogP contribution in [0.3, 0.4) is 0 Å². The molecule has 0 radical (unpaired) electrons. The monoisotopic (exact) mass is 414 g/mol. The van der Waals surface area contributed by atoms with Gasteiger partial charge in [0, 0.05) is 38.5 Å². The van der Waals surface area contributed by atoms with Crippen molar-refractivity contribution in [3.63, 3.8) is 0 Å². The van der Waals surface area contributed by atoms with E-state index in [2.05, 4.69) is 21.3 Å². The number of nitrogens with zero attached hydrogens (tertiary/aromatic N) is 3. The number of amides is 2. The number of carbonyl (C=O) groups excluding carboxylic acids is 2. The lowest BCUT2D eigenvalue weighted by Gasteiger charge is -2.36. The van der Waals surface area contributed by atoms with E-state index < -0.39 is 0 Å². The molecule has 2 aliphatic rings. The van der Waals surface area contributed by atoms with Gasteiger partial charge in [-0.25, -0.2) is 4.98 Å². The summed E-state index contributed by atoms with van der Waals surface area (Å²) in [4.78, 5) is 33.5. The first-order valence-corrected chi connectivity index (χ1v) is 10.9. The first kappa shape index (κ1) is 20.0. The van der Waals surface area contributed by atoms with Crippen LogP contribution in [-0.4, -0.2) is 59.4 Å². The van der Waals surface area contributed by atoms with Crippen molar-refractivity contribution in [2.24, 2.45) is 0 Å². The van der Waals surface area contributed by atoms with Crippen LogP contribution < -0.4 is 5.32 Å². The second-order valence-corrected chi connectivity index (χ2v) is 8.32. The van der Waals surface area contributed by atoms with Gasteiger partial charge in [-0.05, 0) is 17.5 Å². The lowest BCUT2D eigenvalue weighted by molar-refractivity contribution is -0.132. The van der Waals surface area contributed by atoms with Crippen molar-refractivity contribution >= 4 is 28.3 Å². The molecule has 154 valence electrons. The Hall–Kier alpha value is -2.29. The number of fused-ring (bicyclic) bond motifs is 1. The Balaban J connectivity index is 1.40. The summed E-state index contributed by atoms with van der Waals surface area (Å²) >= 11 is 1.44. The largest absolute Gasteiger partial charge is 0.379 e. The summed E-state index contributed by atoms with van der Waals surface area (Å²) in [6.07, 6.45) is 1.06. The number of carbonyl (C=O) groups is 2. The summed E-state index contributed by atoms with van der Waals surface area (Å²) in [6.45, 7) is 6.29. The molecule has 29 heavy (non-hydrogen) atoms. The zero-order valence-electron chi connectivity index (χ0n) is 16.6. The molecule has 1 fully saturated rings. The highest BCUT2D eigenvalue weighted by Gasteiger charge is 2.30. The second-order valence-electron chi connectivity index (χ2n) is 7.46. The fraction of sp³-hybridized carbons (Fsp3) is 0.476. The van der Waals surface area contributed by atoms with Crippen LogP contribution in [0.4, 0.5) is 5.13 Å². The summed E-state index contributed by atoms with van der Waals surface area (Å²) in [5.74, 6) is -0.121. The molecule has 7 nitrogen and oxygen atoms in total. The van der Waals surface area contributed by atoms with E-state index in [1.54, 1.807) is 11.8 Å². The van der Waals surface area contributed by atoms with Crippen molar-refractivity contribution in [2.45, 2.75) is 32.4 Å². The number of nitrogens with one attached hydrogen (secondary N) is 1. The number of ether oxygens (including phenoxy) is 1. The Morgan fingerprint density at radius 3 is 2.83 bits per heavy atom. The third-order valence-corrected chi connectivity index (χ3v) is 6.29. The van der Waals surface area contributed by atoms with E-state index in [4.69, 9.17) is 4.74 Å². The van der Waals surface area contributed by atoms with Crippen LogP contribution in [0.2, 0.25) is 0 Å². The highest BCUT2D eigenvalue weighted by molar-refractivity contribution is 7.13. The third-order valence-electron chi connectivity index (χ3n) is 5.48. The van der Waals surface area contributed by atoms with Gasteiger partial charge in [0.1, 0.15) is 0 Å². The molecule has 4 rings (SSSR count). The van der Waals surface area contributed by atoms with E-state index in [1.807, 2.05) is 23.6 Å². The number of thiazole rings is 1. The van der Waals surface area contributed by atoms with Gasteiger partial charge in [0.15, 0.2) is 5.13 Å². The van der Waals surface area contributed by atoms with Crippen LogP contribution in [-0.2, 0) is 27.3 Å². The molecule has 0 aliphatic carbocycles. The zero-order valence-corrected chi connectivity index (χ0v) is 17.4. The molecule has 1 aromatic heterocycles. The molecular weight excluding hydrogens is 388 g/mol. The molecule has 0 bridgehead atoms. The van der Waals surface area contributed by atoms with Crippen molar-refractivity contribution in [3.8, 4) is 0 Å². The summed E-state index contributed by atoms with van der Waals surface area (Å²) in [6, 6.07) is 7.84. The summed E-state index contributed by atoms with van der Waals surface area (Å²) in [7, 11) is 0. The van der Waals surface area contributed by atoms with E-state index in [9.17, 15) is 9.59 Å². The Labute approximate surface area is 174 Å².